The fourth-order valence-electron chi connectivity index (χ4n) is 1.70. The molecule has 0 aliphatic heterocycles. The molecule has 7 heteroatoms. The molecule has 2 heterocycles. The molecule has 3 N–H and O–H groups in total. The van der Waals surface area contributed by atoms with Gasteiger partial charge in [0.15, 0.2) is 0 Å². The first-order chi connectivity index (χ1) is 9.04. The predicted octanol–water partition coefficient (Wildman–Crippen LogP) is 0.689. The Morgan fingerprint density at radius 1 is 1.47 bits per heavy atom. The molecule has 2 rings (SSSR count). The van der Waals surface area contributed by atoms with Crippen LogP contribution in [0.2, 0.25) is 0 Å². The number of hydrogen-bond donors (Lipinski definition) is 2. The summed E-state index contributed by atoms with van der Waals surface area (Å²) in [5.74, 6) is 0. The van der Waals surface area contributed by atoms with Crippen LogP contribution in [0.1, 0.15) is 11.3 Å². The van der Waals surface area contributed by atoms with Gasteiger partial charge < -0.3 is 10.7 Å². The molecule has 0 saturated heterocycles. The third kappa shape index (κ3) is 3.01. The molecule has 0 amide bonds. The Balaban J connectivity index is 2.19. The zero-order chi connectivity index (χ0) is 13.9. The van der Waals surface area contributed by atoms with E-state index in [1.807, 2.05) is 6.07 Å². The molecule has 0 aromatic carbocycles. The lowest BCUT2D eigenvalue weighted by molar-refractivity contribution is 0.466. The van der Waals surface area contributed by atoms with Gasteiger partial charge in [-0.3, -0.25) is 4.98 Å². The van der Waals surface area contributed by atoms with Gasteiger partial charge in [0.1, 0.15) is 0 Å². The predicted molar refractivity (Wildman–Crippen MR) is 71.6 cm³/mol. The number of pyridine rings is 1. The van der Waals surface area contributed by atoms with Gasteiger partial charge in [0.25, 0.3) is 0 Å². The van der Waals surface area contributed by atoms with E-state index in [9.17, 15) is 8.42 Å². The molecule has 0 radical (unpaired) electrons. The first-order valence-corrected chi connectivity index (χ1v) is 7.20. The maximum atomic E-state index is 12.3. The number of aromatic amines is 1. The molecule has 0 spiro atoms. The van der Waals surface area contributed by atoms with Crippen LogP contribution in [0.3, 0.4) is 0 Å². The molecule has 0 aliphatic rings. The van der Waals surface area contributed by atoms with Gasteiger partial charge in [0.05, 0.1) is 4.90 Å². The minimum atomic E-state index is -3.51. The lowest BCUT2D eigenvalue weighted by Crippen LogP contribution is -2.26. The number of rotatable bonds is 5. The fourth-order valence-corrected chi connectivity index (χ4v) is 2.88. The van der Waals surface area contributed by atoms with Crippen molar-refractivity contribution in [1.82, 2.24) is 14.3 Å². The molecule has 0 bridgehead atoms. The van der Waals surface area contributed by atoms with Crippen LogP contribution in [-0.4, -0.2) is 29.7 Å². The van der Waals surface area contributed by atoms with Crippen molar-refractivity contribution in [3.05, 3.63) is 48.0 Å². The van der Waals surface area contributed by atoms with E-state index in [0.717, 1.165) is 5.56 Å². The standard InChI is InChI=1S/C12H16N4O2S/c1-16(9-10-3-2-4-14-7-10)19(17,18)12-5-11(6-13)15-8-12/h2-5,7-8,15H,6,9,13H2,1H3. The molecule has 2 aromatic heterocycles. The summed E-state index contributed by atoms with van der Waals surface area (Å²) in [5.41, 5.74) is 6.98. The highest BCUT2D eigenvalue weighted by Gasteiger charge is 2.22. The number of aromatic nitrogens is 2. The number of H-pyrrole nitrogens is 1. The van der Waals surface area contributed by atoms with E-state index in [1.165, 1.54) is 17.5 Å². The summed E-state index contributed by atoms with van der Waals surface area (Å²) in [6.07, 6.45) is 4.75. The molecular weight excluding hydrogens is 264 g/mol. The first kappa shape index (κ1) is 13.7. The first-order valence-electron chi connectivity index (χ1n) is 5.76. The van der Waals surface area contributed by atoms with E-state index in [0.29, 0.717) is 5.69 Å². The van der Waals surface area contributed by atoms with Crippen LogP contribution in [-0.2, 0) is 23.1 Å². The molecule has 102 valence electrons. The van der Waals surface area contributed by atoms with Crippen LogP contribution in [0.5, 0.6) is 0 Å². The number of nitrogens with zero attached hydrogens (tertiary/aromatic N) is 2. The van der Waals surface area contributed by atoms with E-state index in [-0.39, 0.29) is 18.0 Å². The lowest BCUT2D eigenvalue weighted by atomic mass is 10.3. The Labute approximate surface area is 112 Å². The topological polar surface area (TPSA) is 92.1 Å². The number of hydrogen-bond acceptors (Lipinski definition) is 4. The molecule has 0 unspecified atom stereocenters. The van der Waals surface area contributed by atoms with E-state index < -0.39 is 10.0 Å². The summed E-state index contributed by atoms with van der Waals surface area (Å²) in [7, 11) is -1.97. The minimum Gasteiger partial charge on any atom is -0.363 e. The van der Waals surface area contributed by atoms with E-state index in [2.05, 4.69) is 9.97 Å². The van der Waals surface area contributed by atoms with Crippen LogP contribution >= 0.6 is 0 Å². The van der Waals surface area contributed by atoms with Crippen molar-refractivity contribution in [2.24, 2.45) is 5.73 Å². The van der Waals surface area contributed by atoms with Crippen LogP contribution in [0.25, 0.3) is 0 Å². The highest BCUT2D eigenvalue weighted by Crippen LogP contribution is 2.17. The number of nitrogens with two attached hydrogens (primary N) is 1. The second kappa shape index (κ2) is 5.52. The van der Waals surface area contributed by atoms with E-state index in [4.69, 9.17) is 5.73 Å². The number of sulfonamides is 1. The zero-order valence-electron chi connectivity index (χ0n) is 10.6. The summed E-state index contributed by atoms with van der Waals surface area (Å²) in [4.78, 5) is 7.02. The van der Waals surface area contributed by atoms with Crippen LogP contribution in [0.15, 0.2) is 41.7 Å². The van der Waals surface area contributed by atoms with Crippen molar-refractivity contribution in [2.45, 2.75) is 18.0 Å². The largest absolute Gasteiger partial charge is 0.363 e. The third-order valence-corrected chi connectivity index (χ3v) is 4.55. The van der Waals surface area contributed by atoms with Gasteiger partial charge in [0.2, 0.25) is 10.0 Å². The molecular formula is C12H16N4O2S. The molecule has 0 aliphatic carbocycles. The second-order valence-corrected chi connectivity index (χ2v) is 6.23. The van der Waals surface area contributed by atoms with Crippen LogP contribution in [0, 0.1) is 0 Å². The number of nitrogens with one attached hydrogen (secondary N) is 1. The highest BCUT2D eigenvalue weighted by atomic mass is 32.2. The Kier molecular flexibility index (Phi) is 3.98. The van der Waals surface area contributed by atoms with Crippen molar-refractivity contribution in [3.8, 4) is 0 Å². The molecule has 19 heavy (non-hydrogen) atoms. The normalized spacial score (nSPS) is 11.9. The van der Waals surface area contributed by atoms with Gasteiger partial charge >= 0.3 is 0 Å². The van der Waals surface area contributed by atoms with Crippen molar-refractivity contribution < 1.29 is 8.42 Å². The van der Waals surface area contributed by atoms with Crippen molar-refractivity contribution >= 4 is 10.0 Å². The molecule has 6 nitrogen and oxygen atoms in total. The maximum absolute atomic E-state index is 12.3. The molecule has 0 fully saturated rings. The highest BCUT2D eigenvalue weighted by molar-refractivity contribution is 7.89. The van der Waals surface area contributed by atoms with Gasteiger partial charge in [-0.05, 0) is 17.7 Å². The Morgan fingerprint density at radius 3 is 2.84 bits per heavy atom. The minimum absolute atomic E-state index is 0.222. The van der Waals surface area contributed by atoms with Crippen molar-refractivity contribution in [3.63, 3.8) is 0 Å². The van der Waals surface area contributed by atoms with Crippen molar-refractivity contribution in [2.75, 3.05) is 7.05 Å². The van der Waals surface area contributed by atoms with E-state index in [1.54, 1.807) is 24.5 Å². The van der Waals surface area contributed by atoms with Gasteiger partial charge in [0, 0.05) is 44.4 Å². The Bertz CT molecular complexity index is 637. The SMILES string of the molecule is CN(Cc1cccnc1)S(=O)(=O)c1c[nH]c(CN)c1. The smallest absolute Gasteiger partial charge is 0.244 e. The Morgan fingerprint density at radius 2 is 2.26 bits per heavy atom. The average Bonchev–Trinajstić information content (AvgIpc) is 2.89. The van der Waals surface area contributed by atoms with Crippen LogP contribution in [0.4, 0.5) is 0 Å². The summed E-state index contributed by atoms with van der Waals surface area (Å²) in [5, 5.41) is 0. The quantitative estimate of drug-likeness (QED) is 0.842. The summed E-state index contributed by atoms with van der Waals surface area (Å²) in [6.45, 7) is 0.557. The third-order valence-electron chi connectivity index (χ3n) is 2.77. The van der Waals surface area contributed by atoms with Gasteiger partial charge in [-0.15, -0.1) is 0 Å². The monoisotopic (exact) mass is 280 g/mol. The van der Waals surface area contributed by atoms with Gasteiger partial charge in [-0.25, -0.2) is 8.42 Å². The maximum Gasteiger partial charge on any atom is 0.244 e. The average molecular weight is 280 g/mol. The molecule has 0 saturated carbocycles. The summed E-state index contributed by atoms with van der Waals surface area (Å²) < 4.78 is 25.9. The lowest BCUT2D eigenvalue weighted by Gasteiger charge is -2.15. The summed E-state index contributed by atoms with van der Waals surface area (Å²) in [6, 6.07) is 5.16. The molecule has 0 atom stereocenters. The van der Waals surface area contributed by atoms with Gasteiger partial charge in [-0.1, -0.05) is 6.07 Å². The zero-order valence-corrected chi connectivity index (χ0v) is 11.4. The van der Waals surface area contributed by atoms with Crippen molar-refractivity contribution in [1.29, 1.82) is 0 Å². The fraction of sp³-hybridized carbons (Fsp3) is 0.250. The second-order valence-electron chi connectivity index (χ2n) is 4.19. The van der Waals surface area contributed by atoms with Gasteiger partial charge in [-0.2, -0.15) is 4.31 Å². The molecule has 2 aromatic rings. The van der Waals surface area contributed by atoms with Crippen LogP contribution < -0.4 is 5.73 Å². The summed E-state index contributed by atoms with van der Waals surface area (Å²) >= 11 is 0. The van der Waals surface area contributed by atoms with E-state index >= 15 is 0 Å². The Hall–Kier alpha value is -1.70.